The molecule has 48 heavy (non-hydrogen) atoms. The van der Waals surface area contributed by atoms with Crippen LogP contribution in [0.1, 0.15) is 106 Å². The summed E-state index contributed by atoms with van der Waals surface area (Å²) in [6.07, 6.45) is 7.93. The number of urea groups is 1. The summed E-state index contributed by atoms with van der Waals surface area (Å²) in [5.41, 5.74) is -1.84. The van der Waals surface area contributed by atoms with Crippen molar-refractivity contribution in [2.45, 2.75) is 135 Å². The Bertz CT molecular complexity index is 1380. The van der Waals surface area contributed by atoms with E-state index in [1.807, 2.05) is 27.7 Å². The van der Waals surface area contributed by atoms with Crippen molar-refractivity contribution in [3.8, 4) is 0 Å². The second-order valence-corrected chi connectivity index (χ2v) is 18.4. The predicted octanol–water partition coefficient (Wildman–Crippen LogP) is 3.01. The van der Waals surface area contributed by atoms with Crippen LogP contribution in [-0.4, -0.2) is 90.6 Å². The third-order valence-corrected chi connectivity index (χ3v) is 13.7. The maximum atomic E-state index is 14.4. The van der Waals surface area contributed by atoms with Crippen LogP contribution in [0.25, 0.3) is 0 Å². The normalized spacial score (nSPS) is 27.9. The smallest absolute Gasteiger partial charge is 0.315 e. The summed E-state index contributed by atoms with van der Waals surface area (Å²) in [4.78, 5) is 69.4. The molecule has 2 saturated carbocycles. The van der Waals surface area contributed by atoms with Crippen LogP contribution in [0.4, 0.5) is 4.79 Å². The van der Waals surface area contributed by atoms with Crippen molar-refractivity contribution in [3.05, 3.63) is 12.7 Å². The van der Waals surface area contributed by atoms with Gasteiger partial charge in [-0.1, -0.05) is 79.7 Å². The number of hydrogen-bond donors (Lipinski definition) is 4. The summed E-state index contributed by atoms with van der Waals surface area (Å²) < 4.78 is 26.1. The second kappa shape index (κ2) is 14.5. The summed E-state index contributed by atoms with van der Waals surface area (Å²) in [7, 11) is -3.35. The van der Waals surface area contributed by atoms with Crippen molar-refractivity contribution >= 4 is 39.4 Å². The molecule has 2 saturated heterocycles. The zero-order valence-corrected chi connectivity index (χ0v) is 30.5. The molecule has 4 fully saturated rings. The van der Waals surface area contributed by atoms with Gasteiger partial charge in [-0.3, -0.25) is 19.2 Å². The van der Waals surface area contributed by atoms with E-state index in [2.05, 4.69) is 41.7 Å². The fraction of sp³-hybridized carbons (Fsp3) is 0.800. The topological polar surface area (TPSA) is 171 Å². The van der Waals surface area contributed by atoms with E-state index in [0.717, 1.165) is 25.7 Å². The fourth-order valence-electron chi connectivity index (χ4n) is 8.49. The highest BCUT2D eigenvalue weighted by Crippen LogP contribution is 2.65. The Morgan fingerprint density at radius 2 is 1.69 bits per heavy atom. The number of hydrogen-bond acceptors (Lipinski definition) is 7. The SMILES string of the molecule is C=CCNC(=O)C(=O)[C@H](CCCC)NC(=O)C1C2[C@H](CN1C(=O)[C@@H](NC(=O)NC1([C@@H]3CCCS3(=O)=O)CCCCC1)C(C)(C)C)C2(C)C. The molecule has 4 rings (SSSR count). The maximum Gasteiger partial charge on any atom is 0.315 e. The van der Waals surface area contributed by atoms with Gasteiger partial charge in [0.05, 0.1) is 22.6 Å². The molecule has 5 amide bonds. The molecule has 0 aromatic rings. The standard InChI is InChI=1S/C35H57N5O7S/c1-8-10-15-23(27(41)30(43)36-19-9-2)37-29(42)26-25-22(34(25,6)7)21-40(26)31(44)28(33(3,4)5)38-32(45)39-35(17-12-11-13-18-35)24-16-14-20-48(24,46)47/h9,22-26,28H,2,8,10-21H2,1,3-7H3,(H,36,43)(H,37,42)(H2,38,39,45)/t22-,23-,24-,25?,26?,28+/m0/s1. The minimum atomic E-state index is -3.35. The van der Waals surface area contributed by atoms with Crippen LogP contribution in [0.5, 0.6) is 0 Å². The fourth-order valence-corrected chi connectivity index (χ4v) is 10.8. The molecule has 270 valence electrons. The molecule has 2 heterocycles. The number of amides is 5. The first-order chi connectivity index (χ1) is 22.4. The van der Waals surface area contributed by atoms with Gasteiger partial charge in [-0.25, -0.2) is 13.2 Å². The number of carbonyl (C=O) groups is 5. The lowest BCUT2D eigenvalue weighted by Gasteiger charge is -2.43. The molecule has 13 heteroatoms. The van der Waals surface area contributed by atoms with Gasteiger partial charge in [0.15, 0.2) is 9.84 Å². The van der Waals surface area contributed by atoms with Gasteiger partial charge >= 0.3 is 6.03 Å². The Balaban J connectivity index is 1.55. The van der Waals surface area contributed by atoms with Crippen molar-refractivity contribution in [1.29, 1.82) is 0 Å². The van der Waals surface area contributed by atoms with Crippen LogP contribution in [0.2, 0.25) is 0 Å². The average molecular weight is 692 g/mol. The Morgan fingerprint density at radius 3 is 2.25 bits per heavy atom. The molecule has 0 aromatic heterocycles. The van der Waals surface area contributed by atoms with E-state index in [9.17, 15) is 32.4 Å². The van der Waals surface area contributed by atoms with Crippen molar-refractivity contribution < 1.29 is 32.4 Å². The zero-order chi connectivity index (χ0) is 35.7. The third kappa shape index (κ3) is 7.75. The van der Waals surface area contributed by atoms with Crippen LogP contribution < -0.4 is 21.3 Å². The molecule has 4 aliphatic rings. The molecular formula is C35H57N5O7S. The van der Waals surface area contributed by atoms with Crippen LogP contribution in [0.15, 0.2) is 12.7 Å². The van der Waals surface area contributed by atoms with E-state index in [0.29, 0.717) is 38.6 Å². The van der Waals surface area contributed by atoms with E-state index in [1.165, 1.54) is 11.0 Å². The number of nitrogens with one attached hydrogen (secondary N) is 4. The van der Waals surface area contributed by atoms with Gasteiger partial charge in [-0.15, -0.1) is 6.58 Å². The number of fused-ring (bicyclic) bond motifs is 1. The second-order valence-electron chi connectivity index (χ2n) is 16.1. The Morgan fingerprint density at radius 1 is 1.02 bits per heavy atom. The van der Waals surface area contributed by atoms with Crippen LogP contribution >= 0.6 is 0 Å². The van der Waals surface area contributed by atoms with E-state index in [-0.39, 0.29) is 36.0 Å². The number of rotatable bonds is 13. The van der Waals surface area contributed by atoms with E-state index < -0.39 is 73.7 Å². The lowest BCUT2D eigenvalue weighted by atomic mass is 9.78. The summed E-state index contributed by atoms with van der Waals surface area (Å²) in [6.45, 7) is 15.6. The number of carbonyl (C=O) groups excluding carboxylic acids is 5. The molecule has 2 aliphatic carbocycles. The highest BCUT2D eigenvalue weighted by atomic mass is 32.2. The average Bonchev–Trinajstić information content (AvgIpc) is 3.33. The molecule has 2 unspecified atom stereocenters. The van der Waals surface area contributed by atoms with E-state index in [4.69, 9.17) is 0 Å². The van der Waals surface area contributed by atoms with Crippen LogP contribution in [0, 0.1) is 22.7 Å². The Labute approximate surface area is 286 Å². The van der Waals surface area contributed by atoms with Gasteiger partial charge in [-0.05, 0) is 54.8 Å². The largest absolute Gasteiger partial charge is 0.346 e. The summed E-state index contributed by atoms with van der Waals surface area (Å²) in [5.74, 6) is -2.41. The molecule has 2 aliphatic heterocycles. The van der Waals surface area contributed by atoms with Gasteiger partial charge in [0.1, 0.15) is 12.1 Å². The maximum absolute atomic E-state index is 14.4. The summed E-state index contributed by atoms with van der Waals surface area (Å²) in [5, 5.41) is 10.6. The molecule has 0 spiro atoms. The summed E-state index contributed by atoms with van der Waals surface area (Å²) >= 11 is 0. The minimum Gasteiger partial charge on any atom is -0.346 e. The van der Waals surface area contributed by atoms with E-state index >= 15 is 0 Å². The number of nitrogens with zero attached hydrogens (tertiary/aromatic N) is 1. The highest BCUT2D eigenvalue weighted by molar-refractivity contribution is 7.92. The first kappa shape index (κ1) is 37.9. The van der Waals surface area contributed by atoms with E-state index in [1.54, 1.807) is 0 Å². The third-order valence-electron chi connectivity index (χ3n) is 11.3. The molecule has 0 bridgehead atoms. The number of Topliss-reactive ketones (excluding diaryl/α,β-unsaturated/α-hetero) is 1. The monoisotopic (exact) mass is 691 g/mol. The lowest BCUT2D eigenvalue weighted by molar-refractivity contribution is -0.145. The Kier molecular flexibility index (Phi) is 11.4. The van der Waals surface area contributed by atoms with Crippen LogP contribution in [-0.2, 0) is 29.0 Å². The number of ketones is 1. The molecule has 6 atom stereocenters. The molecule has 4 N–H and O–H groups in total. The van der Waals surface area contributed by atoms with Crippen molar-refractivity contribution in [2.75, 3.05) is 18.8 Å². The van der Waals surface area contributed by atoms with Gasteiger partial charge in [-0.2, -0.15) is 0 Å². The molecular weight excluding hydrogens is 634 g/mol. The van der Waals surface area contributed by atoms with Gasteiger partial charge in [0.2, 0.25) is 17.6 Å². The van der Waals surface area contributed by atoms with Crippen molar-refractivity contribution in [3.63, 3.8) is 0 Å². The molecule has 12 nitrogen and oxygen atoms in total. The highest BCUT2D eigenvalue weighted by Gasteiger charge is 2.70. The van der Waals surface area contributed by atoms with Crippen molar-refractivity contribution in [1.82, 2.24) is 26.2 Å². The predicted molar refractivity (Wildman–Crippen MR) is 183 cm³/mol. The number of likely N-dealkylation sites (tertiary alicyclic amines) is 1. The molecule has 0 radical (unpaired) electrons. The number of sulfone groups is 1. The van der Waals surface area contributed by atoms with Gasteiger partial charge in [0.25, 0.3) is 5.91 Å². The van der Waals surface area contributed by atoms with Crippen LogP contribution in [0.3, 0.4) is 0 Å². The number of unbranched alkanes of at least 4 members (excludes halogenated alkanes) is 1. The van der Waals surface area contributed by atoms with Gasteiger partial charge < -0.3 is 26.2 Å². The van der Waals surface area contributed by atoms with Gasteiger partial charge in [0, 0.05) is 13.1 Å². The molecule has 0 aromatic carbocycles. The quantitative estimate of drug-likeness (QED) is 0.170. The minimum absolute atomic E-state index is 0.0606. The van der Waals surface area contributed by atoms with Crippen molar-refractivity contribution in [2.24, 2.45) is 22.7 Å². The summed E-state index contributed by atoms with van der Waals surface area (Å²) in [6, 6.07) is -3.53. The first-order valence-electron chi connectivity index (χ1n) is 17.8. The number of piperidine rings is 1. The Hall–Kier alpha value is -2.96. The zero-order valence-electron chi connectivity index (χ0n) is 29.7. The lowest BCUT2D eigenvalue weighted by Crippen LogP contribution is -2.65. The first-order valence-corrected chi connectivity index (χ1v) is 19.5.